The van der Waals surface area contributed by atoms with Crippen LogP contribution in [-0.2, 0) is 13.0 Å². The second kappa shape index (κ2) is 6.05. The number of anilines is 1. The zero-order chi connectivity index (χ0) is 15.5. The molecule has 22 heavy (non-hydrogen) atoms. The first-order valence-electron chi connectivity index (χ1n) is 7.34. The molecule has 0 saturated carbocycles. The number of pyridine rings is 1. The van der Waals surface area contributed by atoms with Crippen molar-refractivity contribution in [3.8, 4) is 5.88 Å². The van der Waals surface area contributed by atoms with Gasteiger partial charge in [0.25, 0.3) is 6.01 Å². The van der Waals surface area contributed by atoms with Crippen LogP contribution in [0.2, 0.25) is 0 Å². The molecule has 2 aromatic heterocycles. The van der Waals surface area contributed by atoms with Gasteiger partial charge in [-0.2, -0.15) is 4.98 Å². The highest BCUT2D eigenvalue weighted by atomic mass is 16.5. The third-order valence-corrected chi connectivity index (χ3v) is 3.66. The Kier molecular flexibility index (Phi) is 3.96. The summed E-state index contributed by atoms with van der Waals surface area (Å²) in [6.07, 6.45) is 0.943. The van der Waals surface area contributed by atoms with E-state index in [0.29, 0.717) is 18.4 Å². The predicted molar refractivity (Wildman–Crippen MR) is 86.2 cm³/mol. The zero-order valence-corrected chi connectivity index (χ0v) is 13.0. The minimum Gasteiger partial charge on any atom is -0.481 e. The summed E-state index contributed by atoms with van der Waals surface area (Å²) in [7, 11) is 1.64. The molecule has 0 bridgehead atoms. The highest BCUT2D eigenvalue weighted by Gasteiger charge is 2.11. The summed E-state index contributed by atoms with van der Waals surface area (Å²) in [6, 6.07) is 10.3. The van der Waals surface area contributed by atoms with E-state index in [4.69, 9.17) is 9.15 Å². The van der Waals surface area contributed by atoms with E-state index in [0.717, 1.165) is 28.8 Å². The van der Waals surface area contributed by atoms with Crippen LogP contribution in [-0.4, -0.2) is 17.1 Å². The topological polar surface area (TPSA) is 60.2 Å². The molecule has 1 N–H and O–H groups in total. The number of para-hydroxylation sites is 2. The smallest absolute Gasteiger partial charge is 0.295 e. The zero-order valence-electron chi connectivity index (χ0n) is 13.0. The molecule has 3 aromatic rings. The van der Waals surface area contributed by atoms with Gasteiger partial charge in [0.15, 0.2) is 5.58 Å². The van der Waals surface area contributed by atoms with Crippen LogP contribution in [0, 0.1) is 6.92 Å². The van der Waals surface area contributed by atoms with Gasteiger partial charge in [0.2, 0.25) is 5.88 Å². The molecule has 0 unspecified atom stereocenters. The Morgan fingerprint density at radius 2 is 2.00 bits per heavy atom. The maximum absolute atomic E-state index is 5.66. The molecule has 1 aromatic carbocycles. The van der Waals surface area contributed by atoms with Gasteiger partial charge in [-0.15, -0.1) is 0 Å². The number of rotatable bonds is 5. The Morgan fingerprint density at radius 3 is 2.73 bits per heavy atom. The number of aryl methyl sites for hydroxylation is 2. The normalized spacial score (nSPS) is 10.9. The van der Waals surface area contributed by atoms with Crippen molar-refractivity contribution in [2.75, 3.05) is 12.4 Å². The molecule has 0 aliphatic carbocycles. The van der Waals surface area contributed by atoms with Crippen molar-refractivity contribution in [3.63, 3.8) is 0 Å². The number of oxazole rings is 1. The lowest BCUT2D eigenvalue weighted by atomic mass is 10.1. The average Bonchev–Trinajstić information content (AvgIpc) is 2.96. The summed E-state index contributed by atoms with van der Waals surface area (Å²) >= 11 is 0. The van der Waals surface area contributed by atoms with Crippen molar-refractivity contribution in [2.24, 2.45) is 0 Å². The summed E-state index contributed by atoms with van der Waals surface area (Å²) in [5.41, 5.74) is 4.83. The van der Waals surface area contributed by atoms with Crippen molar-refractivity contribution in [2.45, 2.75) is 26.8 Å². The highest BCUT2D eigenvalue weighted by Crippen LogP contribution is 2.23. The Morgan fingerprint density at radius 1 is 1.18 bits per heavy atom. The molecule has 0 spiro atoms. The minimum absolute atomic E-state index is 0.502. The molecular weight excluding hydrogens is 278 g/mol. The molecular formula is C17H19N3O2. The molecule has 5 nitrogen and oxygen atoms in total. The van der Waals surface area contributed by atoms with Crippen molar-refractivity contribution in [1.29, 1.82) is 0 Å². The van der Waals surface area contributed by atoms with Crippen LogP contribution in [0.5, 0.6) is 5.88 Å². The molecule has 3 rings (SSSR count). The number of hydrogen-bond donors (Lipinski definition) is 1. The summed E-state index contributed by atoms with van der Waals surface area (Å²) in [5, 5.41) is 3.20. The molecule has 0 saturated heterocycles. The summed E-state index contributed by atoms with van der Waals surface area (Å²) in [6.45, 7) is 4.67. The standard InChI is InChI=1S/C17H19N3O2/c1-4-12-9-13(16(21-3)19-11(12)2)10-18-17-20-14-7-5-6-8-15(14)22-17/h5-9H,4,10H2,1-3H3,(H,18,20). The third kappa shape index (κ3) is 2.74. The van der Waals surface area contributed by atoms with Gasteiger partial charge in [-0.3, -0.25) is 0 Å². The minimum atomic E-state index is 0.502. The van der Waals surface area contributed by atoms with Gasteiger partial charge in [-0.25, -0.2) is 4.98 Å². The SMILES string of the molecule is CCc1cc(CNc2nc3ccccc3o2)c(OC)nc1C. The number of hydrogen-bond acceptors (Lipinski definition) is 5. The van der Waals surface area contributed by atoms with E-state index in [-0.39, 0.29) is 0 Å². The Bertz CT molecular complexity index is 763. The number of ether oxygens (including phenoxy) is 1. The largest absolute Gasteiger partial charge is 0.481 e. The van der Waals surface area contributed by atoms with E-state index in [1.807, 2.05) is 31.2 Å². The number of nitrogens with one attached hydrogen (secondary N) is 1. The molecule has 0 aliphatic heterocycles. The van der Waals surface area contributed by atoms with Crippen molar-refractivity contribution in [3.05, 3.63) is 47.2 Å². The van der Waals surface area contributed by atoms with Gasteiger partial charge >= 0.3 is 0 Å². The van der Waals surface area contributed by atoms with E-state index in [1.54, 1.807) is 7.11 Å². The van der Waals surface area contributed by atoms with E-state index in [1.165, 1.54) is 5.56 Å². The number of fused-ring (bicyclic) bond motifs is 1. The lowest BCUT2D eigenvalue weighted by Crippen LogP contribution is -2.06. The maximum atomic E-state index is 5.66. The van der Waals surface area contributed by atoms with Crippen LogP contribution in [0.15, 0.2) is 34.7 Å². The number of nitrogens with zero attached hydrogens (tertiary/aromatic N) is 2. The molecule has 0 aliphatic rings. The first-order chi connectivity index (χ1) is 10.7. The van der Waals surface area contributed by atoms with Crippen LogP contribution >= 0.6 is 0 Å². The fourth-order valence-corrected chi connectivity index (χ4v) is 2.45. The van der Waals surface area contributed by atoms with E-state index in [2.05, 4.69) is 28.3 Å². The van der Waals surface area contributed by atoms with Crippen LogP contribution in [0.25, 0.3) is 11.1 Å². The van der Waals surface area contributed by atoms with Gasteiger partial charge < -0.3 is 14.5 Å². The Balaban J connectivity index is 1.83. The van der Waals surface area contributed by atoms with Gasteiger partial charge in [0, 0.05) is 17.8 Å². The third-order valence-electron chi connectivity index (χ3n) is 3.66. The molecule has 0 radical (unpaired) electrons. The second-order valence-corrected chi connectivity index (χ2v) is 5.10. The molecule has 0 atom stereocenters. The first-order valence-corrected chi connectivity index (χ1v) is 7.34. The van der Waals surface area contributed by atoms with Gasteiger partial charge in [0.1, 0.15) is 5.52 Å². The van der Waals surface area contributed by atoms with Gasteiger partial charge in [-0.05, 0) is 37.1 Å². The van der Waals surface area contributed by atoms with E-state index in [9.17, 15) is 0 Å². The van der Waals surface area contributed by atoms with Gasteiger partial charge in [0.05, 0.1) is 7.11 Å². The number of benzene rings is 1. The maximum Gasteiger partial charge on any atom is 0.295 e. The monoisotopic (exact) mass is 297 g/mol. The summed E-state index contributed by atoms with van der Waals surface area (Å²) in [4.78, 5) is 8.91. The average molecular weight is 297 g/mol. The fourth-order valence-electron chi connectivity index (χ4n) is 2.45. The summed E-state index contributed by atoms with van der Waals surface area (Å²) in [5.74, 6) is 0.637. The van der Waals surface area contributed by atoms with Crippen LogP contribution in [0.3, 0.4) is 0 Å². The number of aromatic nitrogens is 2. The van der Waals surface area contributed by atoms with E-state index < -0.39 is 0 Å². The molecule has 0 fully saturated rings. The molecule has 2 heterocycles. The lowest BCUT2D eigenvalue weighted by Gasteiger charge is -2.11. The van der Waals surface area contributed by atoms with Crippen molar-refractivity contribution >= 4 is 17.1 Å². The molecule has 5 heteroatoms. The van der Waals surface area contributed by atoms with Crippen LogP contribution in [0.4, 0.5) is 6.01 Å². The fraction of sp³-hybridized carbons (Fsp3) is 0.294. The number of methoxy groups -OCH3 is 1. The Hall–Kier alpha value is -2.56. The van der Waals surface area contributed by atoms with Crippen molar-refractivity contribution < 1.29 is 9.15 Å². The highest BCUT2D eigenvalue weighted by molar-refractivity contribution is 5.74. The van der Waals surface area contributed by atoms with Gasteiger partial charge in [-0.1, -0.05) is 19.1 Å². The van der Waals surface area contributed by atoms with Crippen molar-refractivity contribution in [1.82, 2.24) is 9.97 Å². The summed E-state index contributed by atoms with van der Waals surface area (Å²) < 4.78 is 11.0. The Labute approximate surface area is 129 Å². The van der Waals surface area contributed by atoms with E-state index >= 15 is 0 Å². The predicted octanol–water partition coefficient (Wildman–Crippen LogP) is 3.71. The quantitative estimate of drug-likeness (QED) is 0.778. The first kappa shape index (κ1) is 14.4. The lowest BCUT2D eigenvalue weighted by molar-refractivity contribution is 0.391. The van der Waals surface area contributed by atoms with Crippen LogP contribution in [0.1, 0.15) is 23.7 Å². The second-order valence-electron chi connectivity index (χ2n) is 5.10. The molecule has 114 valence electrons. The molecule has 0 amide bonds. The van der Waals surface area contributed by atoms with Crippen LogP contribution < -0.4 is 10.1 Å².